The van der Waals surface area contributed by atoms with Crippen LogP contribution >= 0.6 is 0 Å². The minimum Gasteiger partial charge on any atom is -0.497 e. The summed E-state index contributed by atoms with van der Waals surface area (Å²) >= 11 is 0. The Labute approximate surface area is 110 Å². The van der Waals surface area contributed by atoms with E-state index < -0.39 is 5.97 Å². The van der Waals surface area contributed by atoms with E-state index in [1.165, 1.54) is 30.2 Å². The molecule has 1 aromatic rings. The SMILES string of the molecule is COc1ccc(C(=O)O)c(N2CC(CO)CC2=O)c1. The Hall–Kier alpha value is -2.08. The number of carbonyl (C=O) groups is 2. The third-order valence-corrected chi connectivity index (χ3v) is 3.19. The lowest BCUT2D eigenvalue weighted by Gasteiger charge is -2.19. The summed E-state index contributed by atoms with van der Waals surface area (Å²) in [6.45, 7) is 0.234. The van der Waals surface area contributed by atoms with Crippen LogP contribution in [0.2, 0.25) is 0 Å². The number of anilines is 1. The molecule has 19 heavy (non-hydrogen) atoms. The Morgan fingerprint density at radius 1 is 1.53 bits per heavy atom. The van der Waals surface area contributed by atoms with Crippen LogP contribution < -0.4 is 9.64 Å². The van der Waals surface area contributed by atoms with E-state index >= 15 is 0 Å². The third kappa shape index (κ3) is 2.53. The van der Waals surface area contributed by atoms with E-state index in [0.29, 0.717) is 18.0 Å². The summed E-state index contributed by atoms with van der Waals surface area (Å²) in [5, 5.41) is 18.3. The first-order valence-electron chi connectivity index (χ1n) is 5.89. The minimum atomic E-state index is -1.10. The smallest absolute Gasteiger partial charge is 0.337 e. The van der Waals surface area contributed by atoms with Crippen molar-refractivity contribution >= 4 is 17.6 Å². The molecular weight excluding hydrogens is 250 g/mol. The molecule has 0 aromatic heterocycles. The quantitative estimate of drug-likeness (QED) is 0.838. The van der Waals surface area contributed by atoms with Crippen LogP contribution in [0, 0.1) is 5.92 Å². The van der Waals surface area contributed by atoms with Gasteiger partial charge in [-0.2, -0.15) is 0 Å². The van der Waals surface area contributed by atoms with Crippen LogP contribution in [0.5, 0.6) is 5.75 Å². The van der Waals surface area contributed by atoms with Crippen LogP contribution in [-0.2, 0) is 4.79 Å². The lowest BCUT2D eigenvalue weighted by atomic mass is 10.1. The number of methoxy groups -OCH3 is 1. The molecule has 0 aliphatic carbocycles. The van der Waals surface area contributed by atoms with Crippen molar-refractivity contribution in [1.29, 1.82) is 0 Å². The Bertz CT molecular complexity index is 514. The summed E-state index contributed by atoms with van der Waals surface area (Å²) in [6, 6.07) is 4.48. The summed E-state index contributed by atoms with van der Waals surface area (Å²) in [5.41, 5.74) is 0.362. The molecule has 6 heteroatoms. The highest BCUT2D eigenvalue weighted by Crippen LogP contribution is 2.31. The Morgan fingerprint density at radius 2 is 2.26 bits per heavy atom. The van der Waals surface area contributed by atoms with E-state index in [1.54, 1.807) is 0 Å². The second kappa shape index (κ2) is 5.27. The maximum Gasteiger partial charge on any atom is 0.337 e. The molecule has 0 spiro atoms. The van der Waals surface area contributed by atoms with Crippen molar-refractivity contribution < 1.29 is 24.5 Å². The molecule has 102 valence electrons. The van der Waals surface area contributed by atoms with Gasteiger partial charge in [-0.3, -0.25) is 4.79 Å². The summed E-state index contributed by atoms with van der Waals surface area (Å²) in [4.78, 5) is 24.5. The van der Waals surface area contributed by atoms with Gasteiger partial charge in [0, 0.05) is 31.6 Å². The molecule has 0 bridgehead atoms. The first kappa shape index (κ1) is 13.4. The number of aliphatic hydroxyl groups excluding tert-OH is 1. The van der Waals surface area contributed by atoms with Gasteiger partial charge in [0.2, 0.25) is 5.91 Å². The average molecular weight is 265 g/mol. The van der Waals surface area contributed by atoms with Crippen molar-refractivity contribution in [2.24, 2.45) is 5.92 Å². The Kier molecular flexibility index (Phi) is 3.71. The first-order chi connectivity index (χ1) is 9.06. The lowest BCUT2D eigenvalue weighted by molar-refractivity contribution is -0.117. The zero-order valence-electron chi connectivity index (χ0n) is 10.5. The molecule has 6 nitrogen and oxygen atoms in total. The summed E-state index contributed by atoms with van der Waals surface area (Å²) in [7, 11) is 1.47. The number of benzene rings is 1. The van der Waals surface area contributed by atoms with Crippen molar-refractivity contribution in [3.8, 4) is 5.75 Å². The van der Waals surface area contributed by atoms with Crippen molar-refractivity contribution in [3.05, 3.63) is 23.8 Å². The van der Waals surface area contributed by atoms with Gasteiger partial charge in [-0.05, 0) is 12.1 Å². The maximum absolute atomic E-state index is 11.9. The molecule has 1 atom stereocenters. The number of hydrogen-bond acceptors (Lipinski definition) is 4. The number of rotatable bonds is 4. The van der Waals surface area contributed by atoms with Gasteiger partial charge in [0.05, 0.1) is 18.4 Å². The number of hydrogen-bond donors (Lipinski definition) is 2. The van der Waals surface area contributed by atoms with Gasteiger partial charge in [0.1, 0.15) is 5.75 Å². The fraction of sp³-hybridized carbons (Fsp3) is 0.385. The maximum atomic E-state index is 11.9. The fourth-order valence-electron chi connectivity index (χ4n) is 2.18. The Morgan fingerprint density at radius 3 is 2.79 bits per heavy atom. The van der Waals surface area contributed by atoms with Gasteiger partial charge >= 0.3 is 5.97 Å². The fourth-order valence-corrected chi connectivity index (χ4v) is 2.18. The lowest BCUT2D eigenvalue weighted by Crippen LogP contribution is -2.27. The van der Waals surface area contributed by atoms with E-state index in [0.717, 1.165) is 0 Å². The number of aromatic carboxylic acids is 1. The summed E-state index contributed by atoms with van der Waals surface area (Å²) in [5.74, 6) is -0.951. The zero-order chi connectivity index (χ0) is 14.0. The minimum absolute atomic E-state index is 0.0488. The molecule has 1 aliphatic rings. The van der Waals surface area contributed by atoms with Gasteiger partial charge in [0.25, 0.3) is 0 Å². The second-order valence-corrected chi connectivity index (χ2v) is 4.45. The first-order valence-corrected chi connectivity index (χ1v) is 5.89. The van der Waals surface area contributed by atoms with E-state index in [4.69, 9.17) is 9.84 Å². The van der Waals surface area contributed by atoms with Gasteiger partial charge in [-0.15, -0.1) is 0 Å². The van der Waals surface area contributed by atoms with Crippen LogP contribution in [0.1, 0.15) is 16.8 Å². The number of amides is 1. The number of carbonyl (C=O) groups excluding carboxylic acids is 1. The Balaban J connectivity index is 2.42. The van der Waals surface area contributed by atoms with E-state index in [9.17, 15) is 14.7 Å². The standard InChI is InChI=1S/C13H15NO5/c1-19-9-2-3-10(13(17)18)11(5-9)14-6-8(7-15)4-12(14)16/h2-3,5,8,15H,4,6-7H2,1H3,(H,17,18). The molecule has 1 unspecified atom stereocenters. The zero-order valence-corrected chi connectivity index (χ0v) is 10.5. The van der Waals surface area contributed by atoms with Crippen molar-refractivity contribution in [1.82, 2.24) is 0 Å². The van der Waals surface area contributed by atoms with Gasteiger partial charge < -0.3 is 19.8 Å². The average Bonchev–Trinajstić information content (AvgIpc) is 2.79. The second-order valence-electron chi connectivity index (χ2n) is 4.45. The molecule has 1 saturated heterocycles. The molecular formula is C13H15NO5. The van der Waals surface area contributed by atoms with Crippen LogP contribution in [0.4, 0.5) is 5.69 Å². The molecule has 1 fully saturated rings. The highest BCUT2D eigenvalue weighted by Gasteiger charge is 2.32. The third-order valence-electron chi connectivity index (χ3n) is 3.19. The molecule has 0 radical (unpaired) electrons. The van der Waals surface area contributed by atoms with E-state index in [-0.39, 0.29) is 30.4 Å². The van der Waals surface area contributed by atoms with Crippen molar-refractivity contribution in [2.45, 2.75) is 6.42 Å². The number of aliphatic hydroxyl groups is 1. The van der Waals surface area contributed by atoms with Crippen LogP contribution in [0.25, 0.3) is 0 Å². The molecule has 2 N–H and O–H groups in total. The van der Waals surface area contributed by atoms with Gasteiger partial charge in [-0.1, -0.05) is 0 Å². The molecule has 1 amide bonds. The predicted molar refractivity (Wildman–Crippen MR) is 67.5 cm³/mol. The van der Waals surface area contributed by atoms with E-state index in [2.05, 4.69) is 0 Å². The largest absolute Gasteiger partial charge is 0.497 e. The molecule has 1 aliphatic heterocycles. The number of nitrogens with zero attached hydrogens (tertiary/aromatic N) is 1. The molecule has 1 heterocycles. The van der Waals surface area contributed by atoms with Gasteiger partial charge in [-0.25, -0.2) is 4.79 Å². The number of ether oxygens (including phenoxy) is 1. The highest BCUT2D eigenvalue weighted by atomic mass is 16.5. The normalized spacial score (nSPS) is 18.7. The summed E-state index contributed by atoms with van der Waals surface area (Å²) < 4.78 is 5.06. The predicted octanol–water partition coefficient (Wildman–Crippen LogP) is 0.739. The van der Waals surface area contributed by atoms with Crippen LogP contribution in [0.15, 0.2) is 18.2 Å². The molecule has 1 aromatic carbocycles. The molecule has 0 saturated carbocycles. The summed E-state index contributed by atoms with van der Waals surface area (Å²) in [6.07, 6.45) is 0.229. The van der Waals surface area contributed by atoms with Crippen molar-refractivity contribution in [2.75, 3.05) is 25.2 Å². The highest BCUT2D eigenvalue weighted by molar-refractivity contribution is 6.03. The number of carboxylic acid groups (broad SMARTS) is 1. The van der Waals surface area contributed by atoms with E-state index in [1.807, 2.05) is 0 Å². The molecule has 2 rings (SSSR count). The van der Waals surface area contributed by atoms with Gasteiger partial charge in [0.15, 0.2) is 0 Å². The van der Waals surface area contributed by atoms with Crippen LogP contribution in [0.3, 0.4) is 0 Å². The monoisotopic (exact) mass is 265 g/mol. The van der Waals surface area contributed by atoms with Crippen molar-refractivity contribution in [3.63, 3.8) is 0 Å². The van der Waals surface area contributed by atoms with Crippen LogP contribution in [-0.4, -0.2) is 42.4 Å². The topological polar surface area (TPSA) is 87.1 Å². The number of carboxylic acids is 1.